The highest BCUT2D eigenvalue weighted by Gasteiger charge is 2.29. The van der Waals surface area contributed by atoms with E-state index in [1.165, 1.54) is 25.7 Å². The molecule has 2 heterocycles. The first kappa shape index (κ1) is 18.1. The van der Waals surface area contributed by atoms with Gasteiger partial charge in [0.2, 0.25) is 0 Å². The van der Waals surface area contributed by atoms with Crippen molar-refractivity contribution in [3.8, 4) is 0 Å². The summed E-state index contributed by atoms with van der Waals surface area (Å²) in [5.41, 5.74) is 0.285. The molecule has 2 fully saturated rings. The highest BCUT2D eigenvalue weighted by Crippen LogP contribution is 2.21. The zero-order valence-corrected chi connectivity index (χ0v) is 15.4. The van der Waals surface area contributed by atoms with Crippen LogP contribution < -0.4 is 10.6 Å². The van der Waals surface area contributed by atoms with Crippen LogP contribution in [0.3, 0.4) is 0 Å². The number of anilines is 1. The lowest BCUT2D eigenvalue weighted by Crippen LogP contribution is -2.36. The Kier molecular flexibility index (Phi) is 5.56. The third kappa shape index (κ3) is 5.14. The van der Waals surface area contributed by atoms with Crippen molar-refractivity contribution < 1.29 is 13.2 Å². The van der Waals surface area contributed by atoms with Crippen LogP contribution in [-0.2, 0) is 9.84 Å². The molecule has 1 aliphatic heterocycles. The Morgan fingerprint density at radius 2 is 1.80 bits per heavy atom. The molecular weight excluding hydrogens is 340 g/mol. The first-order chi connectivity index (χ1) is 11.9. The molecule has 1 unspecified atom stereocenters. The summed E-state index contributed by atoms with van der Waals surface area (Å²) >= 11 is 0. The van der Waals surface area contributed by atoms with Crippen molar-refractivity contribution in [2.45, 2.75) is 64.0 Å². The fraction of sp³-hybridized carbons (Fsp3) is 0.706. The lowest BCUT2D eigenvalue weighted by molar-refractivity contribution is 0.0935. The molecule has 1 saturated carbocycles. The predicted octanol–water partition coefficient (Wildman–Crippen LogP) is 1.84. The molecule has 3 rings (SSSR count). The molecule has 2 N–H and O–H groups in total. The number of nitrogens with zero attached hydrogens (tertiary/aromatic N) is 2. The Morgan fingerprint density at radius 1 is 1.08 bits per heavy atom. The summed E-state index contributed by atoms with van der Waals surface area (Å²) in [6.45, 7) is 1.76. The van der Waals surface area contributed by atoms with E-state index >= 15 is 0 Å². The zero-order valence-electron chi connectivity index (χ0n) is 14.6. The summed E-state index contributed by atoms with van der Waals surface area (Å²) in [7, 11) is -3.02. The van der Waals surface area contributed by atoms with Crippen LogP contribution in [0.4, 0.5) is 5.82 Å². The van der Waals surface area contributed by atoms with Crippen LogP contribution in [0, 0.1) is 6.92 Å². The molecule has 2 aliphatic rings. The number of carbonyl (C=O) groups excluding carboxylic acids is 1. The Labute approximate surface area is 148 Å². The van der Waals surface area contributed by atoms with Crippen LogP contribution in [-0.4, -0.2) is 47.9 Å². The fourth-order valence-electron chi connectivity index (χ4n) is 3.56. The average molecular weight is 366 g/mol. The Bertz CT molecular complexity index is 727. The van der Waals surface area contributed by atoms with Gasteiger partial charge in [0.15, 0.2) is 9.84 Å². The molecule has 138 valence electrons. The quantitative estimate of drug-likeness (QED) is 0.789. The molecule has 0 aromatic carbocycles. The van der Waals surface area contributed by atoms with Gasteiger partial charge in [0, 0.05) is 18.2 Å². The fourth-order valence-corrected chi connectivity index (χ4v) is 5.23. The second-order valence-electron chi connectivity index (χ2n) is 7.09. The molecule has 7 nitrogen and oxygen atoms in total. The standard InChI is InChI=1S/C17H26N4O3S/c1-12-18-15(17(22)21-14-8-9-25(23,24)11-14)10-16(19-12)20-13-6-4-2-3-5-7-13/h10,13-14H,2-9,11H2,1H3,(H,21,22)(H,18,19,20). The van der Waals surface area contributed by atoms with E-state index < -0.39 is 9.84 Å². The van der Waals surface area contributed by atoms with Crippen LogP contribution in [0.15, 0.2) is 6.07 Å². The molecule has 8 heteroatoms. The van der Waals surface area contributed by atoms with E-state index in [9.17, 15) is 13.2 Å². The molecule has 1 amide bonds. The average Bonchev–Trinajstić information content (AvgIpc) is 2.73. The summed E-state index contributed by atoms with van der Waals surface area (Å²) in [6.07, 6.45) is 7.68. The lowest BCUT2D eigenvalue weighted by atomic mass is 10.1. The monoisotopic (exact) mass is 366 g/mol. The highest BCUT2D eigenvalue weighted by molar-refractivity contribution is 7.91. The SMILES string of the molecule is Cc1nc(NC2CCCCCC2)cc(C(=O)NC2CCS(=O)(=O)C2)n1. The van der Waals surface area contributed by atoms with Gasteiger partial charge in [-0.05, 0) is 26.2 Å². The van der Waals surface area contributed by atoms with Gasteiger partial charge >= 0.3 is 0 Å². The molecule has 0 spiro atoms. The Morgan fingerprint density at radius 3 is 2.44 bits per heavy atom. The molecule has 1 atom stereocenters. The summed E-state index contributed by atoms with van der Waals surface area (Å²) in [4.78, 5) is 21.0. The Hall–Kier alpha value is -1.70. The summed E-state index contributed by atoms with van der Waals surface area (Å²) in [5.74, 6) is 1.01. The molecule has 0 radical (unpaired) electrons. The summed E-state index contributed by atoms with van der Waals surface area (Å²) in [5, 5.41) is 6.22. The zero-order chi connectivity index (χ0) is 17.9. The molecule has 0 bridgehead atoms. The van der Waals surface area contributed by atoms with Crippen molar-refractivity contribution in [2.75, 3.05) is 16.8 Å². The van der Waals surface area contributed by atoms with Crippen molar-refractivity contribution >= 4 is 21.6 Å². The van der Waals surface area contributed by atoms with Gasteiger partial charge in [-0.15, -0.1) is 0 Å². The second-order valence-corrected chi connectivity index (χ2v) is 9.32. The van der Waals surface area contributed by atoms with Crippen LogP contribution >= 0.6 is 0 Å². The van der Waals surface area contributed by atoms with E-state index in [4.69, 9.17) is 0 Å². The Balaban J connectivity index is 1.67. The van der Waals surface area contributed by atoms with E-state index in [-0.39, 0.29) is 29.1 Å². The minimum atomic E-state index is -3.02. The van der Waals surface area contributed by atoms with Gasteiger partial charge in [0.05, 0.1) is 11.5 Å². The van der Waals surface area contributed by atoms with Crippen molar-refractivity contribution in [1.29, 1.82) is 0 Å². The number of hydrogen-bond acceptors (Lipinski definition) is 6. The molecule has 1 aromatic rings. The van der Waals surface area contributed by atoms with E-state index in [2.05, 4.69) is 20.6 Å². The van der Waals surface area contributed by atoms with Gasteiger partial charge in [-0.1, -0.05) is 25.7 Å². The number of nitrogens with one attached hydrogen (secondary N) is 2. The number of aromatic nitrogens is 2. The van der Waals surface area contributed by atoms with Crippen LogP contribution in [0.5, 0.6) is 0 Å². The van der Waals surface area contributed by atoms with Crippen molar-refractivity contribution in [3.63, 3.8) is 0 Å². The maximum Gasteiger partial charge on any atom is 0.270 e. The maximum absolute atomic E-state index is 12.4. The first-order valence-corrected chi connectivity index (χ1v) is 10.9. The third-order valence-corrected chi connectivity index (χ3v) is 6.61. The smallest absolute Gasteiger partial charge is 0.270 e. The number of amides is 1. The summed E-state index contributed by atoms with van der Waals surface area (Å²) < 4.78 is 23.1. The second kappa shape index (κ2) is 7.68. The summed E-state index contributed by atoms with van der Waals surface area (Å²) in [6, 6.07) is 1.72. The normalized spacial score (nSPS) is 23.8. The minimum Gasteiger partial charge on any atom is -0.367 e. The van der Waals surface area contributed by atoms with Crippen molar-refractivity contribution in [3.05, 3.63) is 17.6 Å². The number of aryl methyl sites for hydroxylation is 1. The van der Waals surface area contributed by atoms with E-state index in [0.717, 1.165) is 12.8 Å². The highest BCUT2D eigenvalue weighted by atomic mass is 32.2. The number of hydrogen-bond donors (Lipinski definition) is 2. The van der Waals surface area contributed by atoms with Gasteiger partial charge in [-0.25, -0.2) is 18.4 Å². The third-order valence-electron chi connectivity index (χ3n) is 4.85. The lowest BCUT2D eigenvalue weighted by Gasteiger charge is -2.18. The molecule has 1 aliphatic carbocycles. The van der Waals surface area contributed by atoms with Gasteiger partial charge in [-0.3, -0.25) is 4.79 Å². The van der Waals surface area contributed by atoms with Gasteiger partial charge in [0.1, 0.15) is 17.3 Å². The van der Waals surface area contributed by atoms with Gasteiger partial charge in [-0.2, -0.15) is 0 Å². The van der Waals surface area contributed by atoms with Crippen molar-refractivity contribution in [1.82, 2.24) is 15.3 Å². The molecule has 1 saturated heterocycles. The molecule has 1 aromatic heterocycles. The van der Waals surface area contributed by atoms with Crippen LogP contribution in [0.2, 0.25) is 0 Å². The maximum atomic E-state index is 12.4. The predicted molar refractivity (Wildman–Crippen MR) is 96.4 cm³/mol. The van der Waals surface area contributed by atoms with Crippen molar-refractivity contribution in [2.24, 2.45) is 0 Å². The molecule has 25 heavy (non-hydrogen) atoms. The minimum absolute atomic E-state index is 0.00991. The number of carbonyl (C=O) groups is 1. The number of rotatable bonds is 4. The van der Waals surface area contributed by atoms with E-state index in [1.807, 2.05) is 0 Å². The topological polar surface area (TPSA) is 101 Å². The van der Waals surface area contributed by atoms with Crippen LogP contribution in [0.25, 0.3) is 0 Å². The van der Waals surface area contributed by atoms with Crippen LogP contribution in [0.1, 0.15) is 61.3 Å². The van der Waals surface area contributed by atoms with E-state index in [1.54, 1.807) is 13.0 Å². The number of sulfone groups is 1. The van der Waals surface area contributed by atoms with Gasteiger partial charge in [0.25, 0.3) is 5.91 Å². The first-order valence-electron chi connectivity index (χ1n) is 9.05. The largest absolute Gasteiger partial charge is 0.367 e. The van der Waals surface area contributed by atoms with E-state index in [0.29, 0.717) is 24.1 Å². The molecular formula is C17H26N4O3S. The van der Waals surface area contributed by atoms with Gasteiger partial charge < -0.3 is 10.6 Å².